The van der Waals surface area contributed by atoms with E-state index in [9.17, 15) is 5.11 Å². The van der Waals surface area contributed by atoms with Crippen molar-refractivity contribution in [3.63, 3.8) is 0 Å². The summed E-state index contributed by atoms with van der Waals surface area (Å²) in [7, 11) is 3.19. The van der Waals surface area contributed by atoms with Crippen molar-refractivity contribution in [1.29, 1.82) is 0 Å². The number of aliphatic hydroxyl groups excluding tert-OH is 1. The van der Waals surface area contributed by atoms with Gasteiger partial charge < -0.3 is 20.3 Å². The van der Waals surface area contributed by atoms with E-state index in [-0.39, 0.29) is 25.1 Å². The highest BCUT2D eigenvalue weighted by Crippen LogP contribution is 2.40. The number of halogens is 1. The largest absolute Gasteiger partial charge is 0.496 e. The van der Waals surface area contributed by atoms with Crippen LogP contribution < -0.4 is 15.2 Å². The fourth-order valence-electron chi connectivity index (χ4n) is 1.68. The highest BCUT2D eigenvalue weighted by atomic mass is 35.5. The molecule has 4 nitrogen and oxygen atoms in total. The summed E-state index contributed by atoms with van der Waals surface area (Å²) in [5.41, 5.74) is 6.56. The first-order valence-corrected chi connectivity index (χ1v) is 5.55. The summed E-state index contributed by atoms with van der Waals surface area (Å²) < 4.78 is 10.6. The van der Waals surface area contributed by atoms with Gasteiger partial charge in [-0.3, -0.25) is 0 Å². The van der Waals surface area contributed by atoms with Gasteiger partial charge in [-0.25, -0.2) is 0 Å². The highest BCUT2D eigenvalue weighted by Gasteiger charge is 2.31. The quantitative estimate of drug-likeness (QED) is 0.864. The average molecular weight is 276 g/mol. The third-order valence-electron chi connectivity index (χ3n) is 3.03. The lowest BCUT2D eigenvalue weighted by atomic mass is 9.81. The first-order valence-electron chi connectivity index (χ1n) is 5.55. The first kappa shape index (κ1) is 17.0. The molecule has 0 bridgehead atoms. The van der Waals surface area contributed by atoms with Gasteiger partial charge in [0.1, 0.15) is 11.5 Å². The number of methoxy groups -OCH3 is 2. The summed E-state index contributed by atoms with van der Waals surface area (Å²) in [6.07, 6.45) is 0. The molecule has 0 aliphatic heterocycles. The van der Waals surface area contributed by atoms with Crippen LogP contribution in [0.15, 0.2) is 18.2 Å². The van der Waals surface area contributed by atoms with Gasteiger partial charge in [0, 0.05) is 18.1 Å². The maximum atomic E-state index is 9.39. The lowest BCUT2D eigenvalue weighted by Gasteiger charge is -2.31. The van der Waals surface area contributed by atoms with Crippen molar-refractivity contribution in [3.8, 4) is 11.5 Å². The molecule has 0 fully saturated rings. The van der Waals surface area contributed by atoms with Crippen LogP contribution in [0, 0.1) is 5.41 Å². The molecule has 0 saturated carbocycles. The Bertz CT molecular complexity index is 360. The third kappa shape index (κ3) is 3.28. The Balaban J connectivity index is 0.00000289. The number of nitrogens with two attached hydrogens (primary N) is 1. The summed E-state index contributed by atoms with van der Waals surface area (Å²) in [6.45, 7) is 3.81. The highest BCUT2D eigenvalue weighted by molar-refractivity contribution is 5.85. The van der Waals surface area contributed by atoms with Crippen LogP contribution in [0.25, 0.3) is 0 Å². The molecule has 5 heteroatoms. The second-order valence-corrected chi connectivity index (χ2v) is 4.70. The Hall–Kier alpha value is -0.970. The normalized spacial score (nSPS) is 12.6. The summed E-state index contributed by atoms with van der Waals surface area (Å²) >= 11 is 0. The van der Waals surface area contributed by atoms with Crippen LogP contribution in [0.2, 0.25) is 0 Å². The SMILES string of the molecule is COc1cccc(OC)c1[C@H](N)C(C)(C)CO.Cl. The van der Waals surface area contributed by atoms with Gasteiger partial charge in [-0.2, -0.15) is 0 Å². The number of benzene rings is 1. The Morgan fingerprint density at radius 1 is 1.22 bits per heavy atom. The van der Waals surface area contributed by atoms with Crippen LogP contribution in [0.3, 0.4) is 0 Å². The number of rotatable bonds is 5. The number of hydrogen-bond acceptors (Lipinski definition) is 4. The Morgan fingerprint density at radius 2 is 1.67 bits per heavy atom. The van der Waals surface area contributed by atoms with E-state index in [2.05, 4.69) is 0 Å². The topological polar surface area (TPSA) is 64.7 Å². The van der Waals surface area contributed by atoms with E-state index in [0.29, 0.717) is 11.5 Å². The predicted octanol–water partition coefficient (Wildman–Crippen LogP) is 2.14. The van der Waals surface area contributed by atoms with Gasteiger partial charge in [0.15, 0.2) is 0 Å². The molecule has 1 rings (SSSR count). The zero-order valence-electron chi connectivity index (χ0n) is 11.3. The molecule has 104 valence electrons. The molecule has 1 aromatic rings. The van der Waals surface area contributed by atoms with Crippen molar-refractivity contribution < 1.29 is 14.6 Å². The number of hydrogen-bond donors (Lipinski definition) is 2. The predicted molar refractivity (Wildman–Crippen MR) is 74.6 cm³/mol. The Labute approximate surface area is 115 Å². The second-order valence-electron chi connectivity index (χ2n) is 4.70. The average Bonchev–Trinajstić information content (AvgIpc) is 2.36. The molecule has 0 aliphatic rings. The molecule has 0 saturated heterocycles. The molecule has 18 heavy (non-hydrogen) atoms. The number of aliphatic hydroxyl groups is 1. The van der Waals surface area contributed by atoms with Crippen LogP contribution in [-0.2, 0) is 0 Å². The fourth-order valence-corrected chi connectivity index (χ4v) is 1.68. The van der Waals surface area contributed by atoms with Crippen LogP contribution >= 0.6 is 12.4 Å². The van der Waals surface area contributed by atoms with Crippen molar-refractivity contribution in [2.45, 2.75) is 19.9 Å². The Morgan fingerprint density at radius 3 is 2.00 bits per heavy atom. The maximum Gasteiger partial charge on any atom is 0.127 e. The van der Waals surface area contributed by atoms with Gasteiger partial charge in [0.05, 0.1) is 19.8 Å². The number of ether oxygens (including phenoxy) is 2. The molecule has 0 heterocycles. The summed E-state index contributed by atoms with van der Waals surface area (Å²) in [5, 5.41) is 9.39. The molecule has 1 atom stereocenters. The Kier molecular flexibility index (Phi) is 6.46. The molecule has 0 unspecified atom stereocenters. The molecule has 0 radical (unpaired) electrons. The van der Waals surface area contributed by atoms with Crippen LogP contribution in [-0.4, -0.2) is 25.9 Å². The molecular formula is C13H22ClNO3. The van der Waals surface area contributed by atoms with Gasteiger partial charge in [0.2, 0.25) is 0 Å². The van der Waals surface area contributed by atoms with E-state index in [4.69, 9.17) is 15.2 Å². The lowest BCUT2D eigenvalue weighted by Crippen LogP contribution is -2.33. The summed E-state index contributed by atoms with van der Waals surface area (Å²) in [6, 6.07) is 5.16. The van der Waals surface area contributed by atoms with Crippen LogP contribution in [0.1, 0.15) is 25.5 Å². The van der Waals surface area contributed by atoms with Gasteiger partial charge in [0.25, 0.3) is 0 Å². The monoisotopic (exact) mass is 275 g/mol. The lowest BCUT2D eigenvalue weighted by molar-refractivity contribution is 0.129. The third-order valence-corrected chi connectivity index (χ3v) is 3.03. The molecule has 0 spiro atoms. The van der Waals surface area contributed by atoms with E-state index >= 15 is 0 Å². The molecule has 0 aliphatic carbocycles. The smallest absolute Gasteiger partial charge is 0.127 e. The van der Waals surface area contributed by atoms with Gasteiger partial charge in [-0.1, -0.05) is 19.9 Å². The molecular weight excluding hydrogens is 254 g/mol. The molecule has 1 aromatic carbocycles. The van der Waals surface area contributed by atoms with Crippen molar-refractivity contribution in [2.24, 2.45) is 11.1 Å². The van der Waals surface area contributed by atoms with Gasteiger partial charge in [-0.15, -0.1) is 12.4 Å². The van der Waals surface area contributed by atoms with Crippen molar-refractivity contribution in [1.82, 2.24) is 0 Å². The van der Waals surface area contributed by atoms with Crippen molar-refractivity contribution in [3.05, 3.63) is 23.8 Å². The zero-order valence-corrected chi connectivity index (χ0v) is 12.1. The van der Waals surface area contributed by atoms with E-state index < -0.39 is 5.41 Å². The first-order chi connectivity index (χ1) is 7.97. The van der Waals surface area contributed by atoms with E-state index in [1.54, 1.807) is 14.2 Å². The second kappa shape index (κ2) is 6.83. The fraction of sp³-hybridized carbons (Fsp3) is 0.538. The summed E-state index contributed by atoms with van der Waals surface area (Å²) in [5.74, 6) is 1.36. The minimum Gasteiger partial charge on any atom is -0.496 e. The molecule has 3 N–H and O–H groups in total. The van der Waals surface area contributed by atoms with E-state index in [0.717, 1.165) is 5.56 Å². The van der Waals surface area contributed by atoms with E-state index in [1.807, 2.05) is 32.0 Å². The van der Waals surface area contributed by atoms with Crippen molar-refractivity contribution >= 4 is 12.4 Å². The van der Waals surface area contributed by atoms with E-state index in [1.165, 1.54) is 0 Å². The van der Waals surface area contributed by atoms with Crippen molar-refractivity contribution in [2.75, 3.05) is 20.8 Å². The van der Waals surface area contributed by atoms with Crippen LogP contribution in [0.4, 0.5) is 0 Å². The van der Waals surface area contributed by atoms with Crippen LogP contribution in [0.5, 0.6) is 11.5 Å². The minimum absolute atomic E-state index is 0. The standard InChI is InChI=1S/C13H21NO3.ClH/c1-13(2,8-15)12(14)11-9(16-3)6-5-7-10(11)17-4;/h5-7,12,15H,8,14H2,1-4H3;1H/t12-;/m0./s1. The maximum absolute atomic E-state index is 9.39. The molecule has 0 aromatic heterocycles. The summed E-state index contributed by atoms with van der Waals surface area (Å²) in [4.78, 5) is 0. The zero-order chi connectivity index (χ0) is 13.1. The van der Waals surface area contributed by atoms with Gasteiger partial charge in [-0.05, 0) is 12.1 Å². The molecule has 0 amide bonds. The van der Waals surface area contributed by atoms with Gasteiger partial charge >= 0.3 is 0 Å². The minimum atomic E-state index is -0.443.